The molecule has 0 atom stereocenters. The molecule has 3 heterocycles. The minimum atomic E-state index is 0. The molecule has 2 aliphatic rings. The number of nitrogens with one attached hydrogen (secondary N) is 1. The smallest absolute Gasteiger partial charge is 0.276 e. The molecule has 25 heavy (non-hydrogen) atoms. The lowest BCUT2D eigenvalue weighted by molar-refractivity contribution is 0.0490. The molecule has 1 spiro atoms. The molecule has 0 unspecified atom stereocenters. The van der Waals surface area contributed by atoms with Gasteiger partial charge in [-0.15, -0.1) is 17.5 Å². The Morgan fingerprint density at radius 1 is 1.04 bits per heavy atom. The second-order valence-corrected chi connectivity index (χ2v) is 6.90. The summed E-state index contributed by atoms with van der Waals surface area (Å²) in [5.74, 6) is 0.000894. The van der Waals surface area contributed by atoms with Crippen molar-refractivity contribution in [1.82, 2.24) is 25.2 Å². The summed E-state index contributed by atoms with van der Waals surface area (Å²) in [6.45, 7) is 3.88. The van der Waals surface area contributed by atoms with Crippen molar-refractivity contribution in [3.8, 4) is 5.69 Å². The minimum Gasteiger partial charge on any atom is -0.337 e. The third kappa shape index (κ3) is 3.70. The number of hydrogen-bond donors (Lipinski definition) is 1. The van der Waals surface area contributed by atoms with Crippen molar-refractivity contribution in [3.63, 3.8) is 0 Å². The third-order valence-electron chi connectivity index (χ3n) is 5.47. The number of likely N-dealkylation sites (tertiary alicyclic amines) is 1. The number of carbonyl (C=O) groups excluding carboxylic acids is 1. The molecule has 7 heteroatoms. The number of para-hydroxylation sites is 1. The van der Waals surface area contributed by atoms with Crippen LogP contribution in [0.15, 0.2) is 36.5 Å². The van der Waals surface area contributed by atoms with Gasteiger partial charge in [-0.1, -0.05) is 18.2 Å². The van der Waals surface area contributed by atoms with Crippen molar-refractivity contribution in [2.75, 3.05) is 26.2 Å². The van der Waals surface area contributed by atoms with Gasteiger partial charge in [0.2, 0.25) is 0 Å². The molecule has 1 N–H and O–H groups in total. The van der Waals surface area contributed by atoms with E-state index in [2.05, 4.69) is 15.5 Å². The van der Waals surface area contributed by atoms with Crippen LogP contribution in [0.5, 0.6) is 0 Å². The maximum Gasteiger partial charge on any atom is 0.276 e. The van der Waals surface area contributed by atoms with Gasteiger partial charge in [0.1, 0.15) is 0 Å². The van der Waals surface area contributed by atoms with E-state index in [0.717, 1.165) is 44.7 Å². The number of piperidine rings is 2. The van der Waals surface area contributed by atoms with E-state index in [1.165, 1.54) is 17.6 Å². The quantitative estimate of drug-likeness (QED) is 0.891. The summed E-state index contributed by atoms with van der Waals surface area (Å²) in [6.07, 6.45) is 6.25. The number of benzene rings is 1. The standard InChI is InChI=1S/C18H23N5O.ClH/c24-17(16-14-20-23(21-16)15-4-2-1-3-5-15)22-12-8-18(9-13-22)6-10-19-11-7-18;/h1-5,14,19H,6-13H2;1H. The predicted molar refractivity (Wildman–Crippen MR) is 98.3 cm³/mol. The van der Waals surface area contributed by atoms with E-state index < -0.39 is 0 Å². The minimum absolute atomic E-state index is 0. The maximum absolute atomic E-state index is 12.7. The van der Waals surface area contributed by atoms with Crippen LogP contribution in [0.3, 0.4) is 0 Å². The van der Waals surface area contributed by atoms with Crippen molar-refractivity contribution >= 4 is 18.3 Å². The highest BCUT2D eigenvalue weighted by molar-refractivity contribution is 5.92. The summed E-state index contributed by atoms with van der Waals surface area (Å²) in [7, 11) is 0. The highest BCUT2D eigenvalue weighted by Crippen LogP contribution is 2.39. The van der Waals surface area contributed by atoms with E-state index in [-0.39, 0.29) is 18.3 Å². The van der Waals surface area contributed by atoms with E-state index >= 15 is 0 Å². The Bertz CT molecular complexity index is 701. The third-order valence-corrected chi connectivity index (χ3v) is 5.47. The first kappa shape index (κ1) is 17.9. The number of hydrogen-bond acceptors (Lipinski definition) is 4. The monoisotopic (exact) mass is 361 g/mol. The van der Waals surface area contributed by atoms with Crippen molar-refractivity contribution in [2.24, 2.45) is 5.41 Å². The molecule has 1 aromatic heterocycles. The first-order valence-electron chi connectivity index (χ1n) is 8.74. The first-order chi connectivity index (χ1) is 11.8. The topological polar surface area (TPSA) is 63.1 Å². The second kappa shape index (κ2) is 7.54. The fourth-order valence-corrected chi connectivity index (χ4v) is 3.85. The van der Waals surface area contributed by atoms with Gasteiger partial charge < -0.3 is 10.2 Å². The highest BCUT2D eigenvalue weighted by Gasteiger charge is 2.37. The molecular formula is C18H24ClN5O. The summed E-state index contributed by atoms with van der Waals surface area (Å²) in [5.41, 5.74) is 1.74. The summed E-state index contributed by atoms with van der Waals surface area (Å²) >= 11 is 0. The van der Waals surface area contributed by atoms with Crippen LogP contribution in [-0.2, 0) is 0 Å². The largest absolute Gasteiger partial charge is 0.337 e. The Balaban J connectivity index is 0.00000182. The SMILES string of the molecule is Cl.O=C(c1cnn(-c2ccccc2)n1)N1CCC2(CCNCC2)CC1. The number of nitrogens with zero attached hydrogens (tertiary/aromatic N) is 4. The van der Waals surface area contributed by atoms with Crippen LogP contribution in [0.4, 0.5) is 0 Å². The number of carbonyl (C=O) groups is 1. The van der Waals surface area contributed by atoms with Crippen LogP contribution in [0.1, 0.15) is 36.2 Å². The van der Waals surface area contributed by atoms with Crippen LogP contribution in [0, 0.1) is 5.41 Å². The zero-order valence-electron chi connectivity index (χ0n) is 14.2. The number of amides is 1. The summed E-state index contributed by atoms with van der Waals surface area (Å²) < 4.78 is 0. The lowest BCUT2D eigenvalue weighted by Gasteiger charge is -2.44. The summed E-state index contributed by atoms with van der Waals surface area (Å²) in [6, 6.07) is 9.67. The van der Waals surface area contributed by atoms with Gasteiger partial charge in [-0.05, 0) is 56.3 Å². The molecule has 0 bridgehead atoms. The molecule has 2 aromatic rings. The van der Waals surface area contributed by atoms with Gasteiger partial charge in [-0.2, -0.15) is 9.90 Å². The van der Waals surface area contributed by atoms with Crippen LogP contribution in [0.2, 0.25) is 0 Å². The molecule has 0 radical (unpaired) electrons. The Kier molecular flexibility index (Phi) is 5.39. The zero-order valence-corrected chi connectivity index (χ0v) is 15.0. The van der Waals surface area contributed by atoms with E-state index in [4.69, 9.17) is 0 Å². The van der Waals surface area contributed by atoms with Gasteiger partial charge in [0.25, 0.3) is 5.91 Å². The Morgan fingerprint density at radius 3 is 2.40 bits per heavy atom. The molecule has 0 aliphatic carbocycles. The highest BCUT2D eigenvalue weighted by atomic mass is 35.5. The van der Waals surface area contributed by atoms with Gasteiger partial charge in [0, 0.05) is 13.1 Å². The Hall–Kier alpha value is -1.92. The molecule has 134 valence electrons. The van der Waals surface area contributed by atoms with Crippen LogP contribution < -0.4 is 5.32 Å². The molecule has 1 aromatic carbocycles. The van der Waals surface area contributed by atoms with E-state index in [1.54, 1.807) is 6.20 Å². The molecule has 2 saturated heterocycles. The van der Waals surface area contributed by atoms with E-state index in [9.17, 15) is 4.79 Å². The van der Waals surface area contributed by atoms with Crippen LogP contribution >= 0.6 is 12.4 Å². The predicted octanol–water partition coefficient (Wildman–Crippen LogP) is 2.29. The summed E-state index contributed by atoms with van der Waals surface area (Å²) in [4.78, 5) is 16.2. The van der Waals surface area contributed by atoms with Crippen molar-refractivity contribution < 1.29 is 4.79 Å². The average molecular weight is 362 g/mol. The molecule has 6 nitrogen and oxygen atoms in total. The van der Waals surface area contributed by atoms with Gasteiger partial charge >= 0.3 is 0 Å². The number of rotatable bonds is 2. The Morgan fingerprint density at radius 2 is 1.72 bits per heavy atom. The number of aromatic nitrogens is 3. The van der Waals surface area contributed by atoms with Crippen molar-refractivity contribution in [1.29, 1.82) is 0 Å². The van der Waals surface area contributed by atoms with Crippen LogP contribution in [-0.4, -0.2) is 52.0 Å². The van der Waals surface area contributed by atoms with Crippen LogP contribution in [0.25, 0.3) is 5.69 Å². The lowest BCUT2D eigenvalue weighted by Crippen LogP contribution is -2.47. The molecular weight excluding hydrogens is 338 g/mol. The van der Waals surface area contributed by atoms with Gasteiger partial charge in [0.05, 0.1) is 11.9 Å². The summed E-state index contributed by atoms with van der Waals surface area (Å²) in [5, 5.41) is 12.0. The normalized spacial score (nSPS) is 19.4. The Labute approximate surface area is 154 Å². The maximum atomic E-state index is 12.7. The lowest BCUT2D eigenvalue weighted by atomic mass is 9.71. The van der Waals surface area contributed by atoms with E-state index in [1.807, 2.05) is 35.2 Å². The molecule has 2 fully saturated rings. The molecule has 2 aliphatic heterocycles. The fourth-order valence-electron chi connectivity index (χ4n) is 3.85. The average Bonchev–Trinajstić information content (AvgIpc) is 3.13. The number of halogens is 1. The molecule has 4 rings (SSSR count). The molecule has 0 saturated carbocycles. The van der Waals surface area contributed by atoms with E-state index in [0.29, 0.717) is 11.1 Å². The zero-order chi connectivity index (χ0) is 16.4. The van der Waals surface area contributed by atoms with Gasteiger partial charge in [-0.3, -0.25) is 4.79 Å². The van der Waals surface area contributed by atoms with Gasteiger partial charge in [-0.25, -0.2) is 0 Å². The van der Waals surface area contributed by atoms with Gasteiger partial charge in [0.15, 0.2) is 5.69 Å². The van der Waals surface area contributed by atoms with Crippen molar-refractivity contribution in [2.45, 2.75) is 25.7 Å². The second-order valence-electron chi connectivity index (χ2n) is 6.90. The molecule has 1 amide bonds. The fraction of sp³-hybridized carbons (Fsp3) is 0.500. The first-order valence-corrected chi connectivity index (χ1v) is 8.74. The van der Waals surface area contributed by atoms with Crippen molar-refractivity contribution in [3.05, 3.63) is 42.2 Å².